The molecule has 1 fully saturated rings. The molecule has 0 heterocycles. The summed E-state index contributed by atoms with van der Waals surface area (Å²) in [5, 5.41) is 8.86. The maximum atomic E-state index is 12.8. The van der Waals surface area contributed by atoms with E-state index >= 15 is 0 Å². The van der Waals surface area contributed by atoms with Gasteiger partial charge < -0.3 is 10.0 Å². The molecule has 4 heteroatoms. The van der Waals surface area contributed by atoms with Crippen LogP contribution in [0.2, 0.25) is 0 Å². The SMILES string of the molecule is CN(Cc1ccc(F)cc1)CC1(CC(=O)O)CC1. The molecule has 18 heavy (non-hydrogen) atoms. The van der Waals surface area contributed by atoms with Crippen molar-refractivity contribution in [1.29, 1.82) is 0 Å². The summed E-state index contributed by atoms with van der Waals surface area (Å²) in [4.78, 5) is 12.9. The van der Waals surface area contributed by atoms with Crippen LogP contribution < -0.4 is 0 Å². The molecule has 0 saturated heterocycles. The molecule has 0 atom stereocenters. The number of carboxylic acids is 1. The molecule has 0 spiro atoms. The van der Waals surface area contributed by atoms with E-state index in [4.69, 9.17) is 5.11 Å². The third-order valence-corrected chi connectivity index (χ3v) is 3.45. The van der Waals surface area contributed by atoms with E-state index in [-0.39, 0.29) is 17.7 Å². The van der Waals surface area contributed by atoms with Crippen LogP contribution in [-0.2, 0) is 11.3 Å². The zero-order chi connectivity index (χ0) is 13.2. The summed E-state index contributed by atoms with van der Waals surface area (Å²) >= 11 is 0. The van der Waals surface area contributed by atoms with Crippen LogP contribution in [0.15, 0.2) is 24.3 Å². The fourth-order valence-corrected chi connectivity index (χ4v) is 2.42. The van der Waals surface area contributed by atoms with E-state index < -0.39 is 5.97 Å². The van der Waals surface area contributed by atoms with E-state index in [0.717, 1.165) is 31.5 Å². The molecular weight excluding hydrogens is 233 g/mol. The number of benzene rings is 1. The van der Waals surface area contributed by atoms with Gasteiger partial charge in [-0.2, -0.15) is 0 Å². The van der Waals surface area contributed by atoms with Gasteiger partial charge in [-0.25, -0.2) is 4.39 Å². The Labute approximate surface area is 106 Å². The van der Waals surface area contributed by atoms with Gasteiger partial charge >= 0.3 is 5.97 Å². The fourth-order valence-electron chi connectivity index (χ4n) is 2.42. The van der Waals surface area contributed by atoms with Gasteiger partial charge in [0.15, 0.2) is 0 Å². The first-order valence-electron chi connectivity index (χ1n) is 6.14. The first-order chi connectivity index (χ1) is 8.49. The van der Waals surface area contributed by atoms with Crippen LogP contribution in [0.5, 0.6) is 0 Å². The van der Waals surface area contributed by atoms with Crippen LogP contribution >= 0.6 is 0 Å². The highest BCUT2D eigenvalue weighted by molar-refractivity contribution is 5.68. The minimum Gasteiger partial charge on any atom is -0.481 e. The van der Waals surface area contributed by atoms with Gasteiger partial charge in [0.1, 0.15) is 5.82 Å². The normalized spacial score (nSPS) is 16.8. The molecule has 2 rings (SSSR count). The zero-order valence-electron chi connectivity index (χ0n) is 10.5. The topological polar surface area (TPSA) is 40.5 Å². The Hall–Kier alpha value is -1.42. The number of rotatable bonds is 6. The molecule has 1 aromatic carbocycles. The van der Waals surface area contributed by atoms with E-state index in [1.54, 1.807) is 12.1 Å². The van der Waals surface area contributed by atoms with Crippen molar-refractivity contribution in [2.75, 3.05) is 13.6 Å². The number of carboxylic acid groups (broad SMARTS) is 1. The van der Waals surface area contributed by atoms with E-state index in [1.807, 2.05) is 7.05 Å². The lowest BCUT2D eigenvalue weighted by atomic mass is 10.0. The molecule has 0 unspecified atom stereocenters. The largest absolute Gasteiger partial charge is 0.481 e. The Morgan fingerprint density at radius 3 is 2.50 bits per heavy atom. The van der Waals surface area contributed by atoms with Gasteiger partial charge in [0.05, 0.1) is 6.42 Å². The summed E-state index contributed by atoms with van der Waals surface area (Å²) < 4.78 is 12.8. The number of aliphatic carboxylic acids is 1. The highest BCUT2D eigenvalue weighted by atomic mass is 19.1. The van der Waals surface area contributed by atoms with Gasteiger partial charge in [0.2, 0.25) is 0 Å². The van der Waals surface area contributed by atoms with E-state index in [1.165, 1.54) is 12.1 Å². The van der Waals surface area contributed by atoms with Crippen molar-refractivity contribution in [3.05, 3.63) is 35.6 Å². The van der Waals surface area contributed by atoms with Crippen molar-refractivity contribution in [2.24, 2.45) is 5.41 Å². The summed E-state index contributed by atoms with van der Waals surface area (Å²) in [6.45, 7) is 1.51. The zero-order valence-corrected chi connectivity index (χ0v) is 10.5. The highest BCUT2D eigenvalue weighted by Crippen LogP contribution is 2.49. The van der Waals surface area contributed by atoms with Crippen molar-refractivity contribution in [3.63, 3.8) is 0 Å². The number of carbonyl (C=O) groups is 1. The lowest BCUT2D eigenvalue weighted by Gasteiger charge is -2.22. The second-order valence-electron chi connectivity index (χ2n) is 5.37. The lowest BCUT2D eigenvalue weighted by Crippen LogP contribution is -2.28. The standard InChI is InChI=1S/C14H18FNO2/c1-16(9-11-2-4-12(15)5-3-11)10-14(6-7-14)8-13(17)18/h2-5H,6-10H2,1H3,(H,17,18). The first-order valence-corrected chi connectivity index (χ1v) is 6.14. The Bertz CT molecular complexity index is 426. The second kappa shape index (κ2) is 5.06. The Kier molecular flexibility index (Phi) is 3.66. The average Bonchev–Trinajstić information content (AvgIpc) is 3.00. The maximum absolute atomic E-state index is 12.8. The molecule has 1 aromatic rings. The number of hydrogen-bond acceptors (Lipinski definition) is 2. The molecule has 1 saturated carbocycles. The van der Waals surface area contributed by atoms with Gasteiger partial charge in [-0.1, -0.05) is 12.1 Å². The van der Waals surface area contributed by atoms with Crippen LogP contribution in [0.4, 0.5) is 4.39 Å². The molecule has 1 aliphatic carbocycles. The summed E-state index contributed by atoms with van der Waals surface area (Å²) in [7, 11) is 1.98. The molecule has 3 nitrogen and oxygen atoms in total. The van der Waals surface area contributed by atoms with Crippen LogP contribution in [-0.4, -0.2) is 29.6 Å². The molecule has 0 bridgehead atoms. The van der Waals surface area contributed by atoms with E-state index in [0.29, 0.717) is 0 Å². The van der Waals surface area contributed by atoms with Crippen molar-refractivity contribution in [1.82, 2.24) is 4.90 Å². The van der Waals surface area contributed by atoms with Gasteiger partial charge in [-0.3, -0.25) is 4.79 Å². The van der Waals surface area contributed by atoms with Crippen molar-refractivity contribution < 1.29 is 14.3 Å². The summed E-state index contributed by atoms with van der Waals surface area (Å²) in [6.07, 6.45) is 2.24. The Morgan fingerprint density at radius 2 is 2.00 bits per heavy atom. The molecule has 0 aliphatic heterocycles. The van der Waals surface area contributed by atoms with Crippen LogP contribution in [0.25, 0.3) is 0 Å². The van der Waals surface area contributed by atoms with Crippen LogP contribution in [0.3, 0.4) is 0 Å². The fraction of sp³-hybridized carbons (Fsp3) is 0.500. The monoisotopic (exact) mass is 251 g/mol. The van der Waals surface area contributed by atoms with Crippen molar-refractivity contribution in [2.45, 2.75) is 25.8 Å². The van der Waals surface area contributed by atoms with Gasteiger partial charge in [-0.05, 0) is 43.0 Å². The quantitative estimate of drug-likeness (QED) is 0.844. The second-order valence-corrected chi connectivity index (χ2v) is 5.37. The third-order valence-electron chi connectivity index (χ3n) is 3.45. The Morgan fingerprint density at radius 1 is 1.39 bits per heavy atom. The van der Waals surface area contributed by atoms with Gasteiger partial charge in [-0.15, -0.1) is 0 Å². The highest BCUT2D eigenvalue weighted by Gasteiger charge is 2.44. The van der Waals surface area contributed by atoms with Gasteiger partial charge in [0.25, 0.3) is 0 Å². The summed E-state index contributed by atoms with van der Waals surface area (Å²) in [5.74, 6) is -0.950. The molecule has 98 valence electrons. The Balaban J connectivity index is 1.87. The lowest BCUT2D eigenvalue weighted by molar-refractivity contribution is -0.138. The van der Waals surface area contributed by atoms with E-state index in [9.17, 15) is 9.18 Å². The minimum atomic E-state index is -0.720. The molecule has 0 amide bonds. The molecule has 0 radical (unpaired) electrons. The van der Waals surface area contributed by atoms with Crippen LogP contribution in [0, 0.1) is 11.2 Å². The predicted octanol–water partition coefficient (Wildman–Crippen LogP) is 2.51. The van der Waals surface area contributed by atoms with Gasteiger partial charge in [0, 0.05) is 13.1 Å². The first kappa shape index (κ1) is 13.0. The van der Waals surface area contributed by atoms with Crippen molar-refractivity contribution in [3.8, 4) is 0 Å². The summed E-state index contributed by atoms with van der Waals surface area (Å²) in [5.41, 5.74) is 1.02. The predicted molar refractivity (Wildman–Crippen MR) is 66.7 cm³/mol. The average molecular weight is 251 g/mol. The number of halogens is 1. The number of hydrogen-bond donors (Lipinski definition) is 1. The molecular formula is C14H18FNO2. The molecule has 1 aliphatic rings. The molecule has 0 aromatic heterocycles. The van der Waals surface area contributed by atoms with E-state index in [2.05, 4.69) is 4.90 Å². The van der Waals surface area contributed by atoms with Crippen molar-refractivity contribution >= 4 is 5.97 Å². The summed E-state index contributed by atoms with van der Waals surface area (Å²) in [6, 6.07) is 6.44. The smallest absolute Gasteiger partial charge is 0.303 e. The number of nitrogens with zero attached hydrogens (tertiary/aromatic N) is 1. The molecule has 1 N–H and O–H groups in total. The minimum absolute atomic E-state index is 0.0272. The third kappa shape index (κ3) is 3.53. The maximum Gasteiger partial charge on any atom is 0.303 e. The van der Waals surface area contributed by atoms with Crippen LogP contribution in [0.1, 0.15) is 24.8 Å².